The van der Waals surface area contributed by atoms with Gasteiger partial charge < -0.3 is 19.3 Å². The molecule has 0 spiro atoms. The number of rotatable bonds is 7. The second kappa shape index (κ2) is 8.99. The monoisotopic (exact) mass is 346 g/mol. The molecule has 1 aromatic rings. The number of carbonyl (C=O) groups is 2. The van der Waals surface area contributed by atoms with Crippen LogP contribution < -0.4 is 4.74 Å². The normalized spacial score (nSPS) is 18.9. The largest absolute Gasteiger partial charge is 0.481 e. The van der Waals surface area contributed by atoms with Gasteiger partial charge in [0.1, 0.15) is 11.5 Å². The van der Waals surface area contributed by atoms with Gasteiger partial charge in [0, 0.05) is 25.6 Å². The Morgan fingerprint density at radius 2 is 1.96 bits per heavy atom. The van der Waals surface area contributed by atoms with Crippen molar-refractivity contribution in [1.82, 2.24) is 9.80 Å². The number of likely N-dealkylation sites (N-methyl/N-ethyl adjacent to an activating group) is 1. The predicted molar refractivity (Wildman–Crippen MR) is 98.8 cm³/mol. The summed E-state index contributed by atoms with van der Waals surface area (Å²) in [5.74, 6) is 0.929. The van der Waals surface area contributed by atoms with Crippen molar-refractivity contribution in [3.8, 4) is 5.75 Å². The van der Waals surface area contributed by atoms with Crippen molar-refractivity contribution in [2.75, 3.05) is 27.2 Å². The molecule has 1 amide bonds. The van der Waals surface area contributed by atoms with Crippen molar-refractivity contribution in [3.05, 3.63) is 29.8 Å². The Morgan fingerprint density at radius 3 is 2.56 bits per heavy atom. The fraction of sp³-hybridized carbons (Fsp3) is 0.600. The molecule has 5 nitrogen and oxygen atoms in total. The van der Waals surface area contributed by atoms with Crippen LogP contribution >= 0.6 is 0 Å². The van der Waals surface area contributed by atoms with Crippen LogP contribution in [0, 0.1) is 0 Å². The van der Waals surface area contributed by atoms with Gasteiger partial charge in [0.05, 0.1) is 0 Å². The third-order valence-electron chi connectivity index (χ3n) is 4.79. The van der Waals surface area contributed by atoms with E-state index in [-0.39, 0.29) is 11.7 Å². The Labute approximate surface area is 150 Å². The summed E-state index contributed by atoms with van der Waals surface area (Å²) in [6.07, 6.45) is 2.96. The van der Waals surface area contributed by atoms with E-state index in [0.717, 1.165) is 37.9 Å². The van der Waals surface area contributed by atoms with Crippen molar-refractivity contribution < 1.29 is 14.3 Å². The van der Waals surface area contributed by atoms with Crippen molar-refractivity contribution in [3.63, 3.8) is 0 Å². The first-order chi connectivity index (χ1) is 11.9. The second-order valence-corrected chi connectivity index (χ2v) is 7.15. The average molecular weight is 346 g/mol. The van der Waals surface area contributed by atoms with Gasteiger partial charge in [0.15, 0.2) is 6.10 Å². The van der Waals surface area contributed by atoms with E-state index in [4.69, 9.17) is 4.74 Å². The number of amides is 1. The summed E-state index contributed by atoms with van der Waals surface area (Å²) in [6, 6.07) is 8.08. The molecule has 2 rings (SSSR count). The van der Waals surface area contributed by atoms with Gasteiger partial charge in [0.25, 0.3) is 5.91 Å². The van der Waals surface area contributed by atoms with Crippen LogP contribution in [0.3, 0.4) is 0 Å². The van der Waals surface area contributed by atoms with Gasteiger partial charge >= 0.3 is 0 Å². The van der Waals surface area contributed by atoms with Crippen LogP contribution in [0.25, 0.3) is 0 Å². The number of aryl methyl sites for hydroxylation is 1. The first kappa shape index (κ1) is 19.4. The molecule has 0 bridgehead atoms. The minimum atomic E-state index is -0.496. The Balaban J connectivity index is 1.89. The minimum Gasteiger partial charge on any atom is -0.481 e. The highest BCUT2D eigenvalue weighted by molar-refractivity contribution is 5.81. The molecule has 2 atom stereocenters. The first-order valence-electron chi connectivity index (χ1n) is 9.07. The molecule has 0 aliphatic carbocycles. The number of hydrogen-bond donors (Lipinski definition) is 0. The highest BCUT2D eigenvalue weighted by Gasteiger charge is 2.28. The molecule has 1 fully saturated rings. The van der Waals surface area contributed by atoms with E-state index in [1.807, 2.05) is 36.1 Å². The van der Waals surface area contributed by atoms with Crippen LogP contribution in [0.5, 0.6) is 5.75 Å². The van der Waals surface area contributed by atoms with Crippen LogP contribution in [-0.4, -0.2) is 60.8 Å². The van der Waals surface area contributed by atoms with E-state index >= 15 is 0 Å². The quantitative estimate of drug-likeness (QED) is 0.761. The number of Topliss-reactive ketones (excluding diaryl/α,β-unsaturated/α-hetero) is 1. The second-order valence-electron chi connectivity index (χ2n) is 7.15. The lowest BCUT2D eigenvalue weighted by molar-refractivity contribution is -0.139. The molecule has 138 valence electrons. The van der Waals surface area contributed by atoms with E-state index < -0.39 is 6.10 Å². The third kappa shape index (κ3) is 5.85. The summed E-state index contributed by atoms with van der Waals surface area (Å²) < 4.78 is 5.83. The van der Waals surface area contributed by atoms with E-state index in [9.17, 15) is 9.59 Å². The molecule has 2 unspecified atom stereocenters. The van der Waals surface area contributed by atoms with Crippen molar-refractivity contribution in [2.24, 2.45) is 0 Å². The van der Waals surface area contributed by atoms with Crippen LogP contribution in [0.4, 0.5) is 0 Å². The van der Waals surface area contributed by atoms with Gasteiger partial charge in [-0.2, -0.15) is 0 Å². The van der Waals surface area contributed by atoms with Crippen LogP contribution in [0.1, 0.15) is 38.7 Å². The molecule has 0 aromatic heterocycles. The summed E-state index contributed by atoms with van der Waals surface area (Å²) in [4.78, 5) is 27.8. The zero-order valence-corrected chi connectivity index (χ0v) is 15.8. The lowest BCUT2D eigenvalue weighted by Crippen LogP contribution is -2.50. The van der Waals surface area contributed by atoms with Gasteiger partial charge in [-0.1, -0.05) is 12.1 Å². The van der Waals surface area contributed by atoms with E-state index in [0.29, 0.717) is 18.2 Å². The minimum absolute atomic E-state index is 0.0483. The van der Waals surface area contributed by atoms with Crippen LogP contribution in [0.2, 0.25) is 0 Å². The van der Waals surface area contributed by atoms with Crippen molar-refractivity contribution >= 4 is 11.7 Å². The molecule has 0 radical (unpaired) electrons. The molecule has 0 N–H and O–H groups in total. The Hall–Kier alpha value is -1.88. The Morgan fingerprint density at radius 1 is 1.28 bits per heavy atom. The maximum Gasteiger partial charge on any atom is 0.263 e. The lowest BCUT2D eigenvalue weighted by Gasteiger charge is -2.37. The number of nitrogens with zero attached hydrogens (tertiary/aromatic N) is 2. The van der Waals surface area contributed by atoms with E-state index in [1.54, 1.807) is 6.92 Å². The fourth-order valence-electron chi connectivity index (χ4n) is 3.14. The highest BCUT2D eigenvalue weighted by atomic mass is 16.5. The van der Waals surface area contributed by atoms with E-state index in [2.05, 4.69) is 19.0 Å². The van der Waals surface area contributed by atoms with Crippen LogP contribution in [-0.2, 0) is 16.0 Å². The molecule has 1 aliphatic rings. The summed E-state index contributed by atoms with van der Waals surface area (Å²) in [5.41, 5.74) is 1.10. The molecule has 1 aliphatic heterocycles. The zero-order valence-electron chi connectivity index (χ0n) is 15.8. The number of benzene rings is 1. The molecule has 1 saturated heterocycles. The summed E-state index contributed by atoms with van der Waals surface area (Å²) in [7, 11) is 4.12. The zero-order chi connectivity index (χ0) is 18.4. The number of piperidine rings is 1. The Bertz CT molecular complexity index is 583. The molecule has 1 aromatic carbocycles. The maximum atomic E-state index is 12.7. The fourth-order valence-corrected chi connectivity index (χ4v) is 3.14. The molecule has 25 heavy (non-hydrogen) atoms. The van der Waals surface area contributed by atoms with Crippen molar-refractivity contribution in [1.29, 1.82) is 0 Å². The summed E-state index contributed by atoms with van der Waals surface area (Å²) in [5, 5.41) is 0. The number of carbonyl (C=O) groups excluding carboxylic acids is 2. The smallest absolute Gasteiger partial charge is 0.263 e. The van der Waals surface area contributed by atoms with Gasteiger partial charge in [-0.15, -0.1) is 0 Å². The van der Waals surface area contributed by atoms with Gasteiger partial charge in [-0.25, -0.2) is 0 Å². The van der Waals surface area contributed by atoms with Gasteiger partial charge in [-0.05, 0) is 64.9 Å². The third-order valence-corrected chi connectivity index (χ3v) is 4.79. The SMILES string of the molecule is CC(=O)CCc1ccc(OC(C)C(=O)N2CCCC(N(C)C)C2)cc1. The molecule has 1 heterocycles. The van der Waals surface area contributed by atoms with E-state index in [1.165, 1.54) is 0 Å². The standard InChI is InChI=1S/C20H30N2O3/c1-15(23)7-8-17-9-11-19(12-10-17)25-16(2)20(24)22-13-5-6-18(14-22)21(3)4/h9-12,16,18H,5-8,13-14H2,1-4H3. The Kier molecular flexibility index (Phi) is 7.00. The number of hydrogen-bond acceptors (Lipinski definition) is 4. The van der Waals surface area contributed by atoms with Gasteiger partial charge in [-0.3, -0.25) is 4.79 Å². The molecule has 5 heteroatoms. The topological polar surface area (TPSA) is 49.9 Å². The summed E-state index contributed by atoms with van der Waals surface area (Å²) in [6.45, 7) is 4.99. The number of ether oxygens (including phenoxy) is 1. The van der Waals surface area contributed by atoms with Gasteiger partial charge in [0.2, 0.25) is 0 Å². The van der Waals surface area contributed by atoms with Crippen LogP contribution in [0.15, 0.2) is 24.3 Å². The highest BCUT2D eigenvalue weighted by Crippen LogP contribution is 2.18. The predicted octanol–water partition coefficient (Wildman–Crippen LogP) is 2.53. The molecular formula is C20H30N2O3. The average Bonchev–Trinajstić information content (AvgIpc) is 2.60. The first-order valence-corrected chi connectivity index (χ1v) is 9.07. The maximum absolute atomic E-state index is 12.7. The van der Waals surface area contributed by atoms with Crippen molar-refractivity contribution in [2.45, 2.75) is 51.7 Å². The number of ketones is 1. The number of likely N-dealkylation sites (tertiary alicyclic amines) is 1. The lowest BCUT2D eigenvalue weighted by atomic mass is 10.0. The molecule has 0 saturated carbocycles. The summed E-state index contributed by atoms with van der Waals surface area (Å²) >= 11 is 0. The molecular weight excluding hydrogens is 316 g/mol.